The van der Waals surface area contributed by atoms with Crippen molar-refractivity contribution in [3.8, 4) is 0 Å². The number of halogens is 3. The number of fused-ring (bicyclic) bond motifs is 1. The number of ether oxygens (including phenoxy) is 1. The van der Waals surface area contributed by atoms with Crippen LogP contribution in [0.1, 0.15) is 38.7 Å². The van der Waals surface area contributed by atoms with Crippen LogP contribution in [0.5, 0.6) is 0 Å². The number of nitrogens with one attached hydrogen (secondary N) is 1. The Labute approximate surface area is 171 Å². The number of benzene rings is 1. The van der Waals surface area contributed by atoms with E-state index in [1.54, 1.807) is 11.5 Å². The number of aryl methyl sites for hydroxylation is 1. The van der Waals surface area contributed by atoms with Crippen LogP contribution in [0, 0.1) is 0 Å². The van der Waals surface area contributed by atoms with Gasteiger partial charge in [-0.1, -0.05) is 18.7 Å². The van der Waals surface area contributed by atoms with Gasteiger partial charge in [-0.15, -0.1) is 0 Å². The molecule has 0 aliphatic carbocycles. The fourth-order valence-electron chi connectivity index (χ4n) is 2.70. The lowest BCUT2D eigenvalue weighted by Crippen LogP contribution is -2.26. The Morgan fingerprint density at radius 3 is 2.69 bits per heavy atom. The second-order valence-electron chi connectivity index (χ2n) is 6.29. The Kier molecular flexibility index (Phi) is 8.36. The van der Waals surface area contributed by atoms with Gasteiger partial charge in [-0.25, -0.2) is 4.98 Å². The summed E-state index contributed by atoms with van der Waals surface area (Å²) in [5.74, 6) is -0.453. The van der Waals surface area contributed by atoms with Gasteiger partial charge in [-0.3, -0.25) is 9.59 Å². The van der Waals surface area contributed by atoms with Crippen LogP contribution in [-0.2, 0) is 27.0 Å². The fraction of sp³-hybridized carbons (Fsp3) is 0.526. The van der Waals surface area contributed by atoms with E-state index in [9.17, 15) is 22.8 Å². The summed E-state index contributed by atoms with van der Waals surface area (Å²) in [6, 6.07) is 3.46. The molecule has 1 N–H and O–H groups in total. The number of alkyl halides is 3. The molecule has 0 radical (unpaired) electrons. The number of amides is 1. The van der Waals surface area contributed by atoms with Crippen molar-refractivity contribution in [2.45, 2.75) is 51.0 Å². The molecule has 6 nitrogen and oxygen atoms in total. The van der Waals surface area contributed by atoms with Crippen molar-refractivity contribution in [1.29, 1.82) is 0 Å². The smallest absolute Gasteiger partial charge is 0.416 e. The van der Waals surface area contributed by atoms with Gasteiger partial charge < -0.3 is 14.6 Å². The van der Waals surface area contributed by atoms with Crippen LogP contribution in [0.2, 0.25) is 0 Å². The summed E-state index contributed by atoms with van der Waals surface area (Å²) < 4.78 is 45.6. The SMILES string of the molecule is CCCn1c(SCC(=O)NCCCC(=O)OCC)nc2ccc(C(F)(F)F)cc21. The first-order valence-electron chi connectivity index (χ1n) is 9.38. The number of rotatable bonds is 10. The Balaban J connectivity index is 1.99. The van der Waals surface area contributed by atoms with Crippen LogP contribution in [-0.4, -0.2) is 40.3 Å². The van der Waals surface area contributed by atoms with Crippen molar-refractivity contribution in [3.63, 3.8) is 0 Å². The molecular weight excluding hydrogens is 407 g/mol. The molecule has 0 atom stereocenters. The predicted molar refractivity (Wildman–Crippen MR) is 105 cm³/mol. The Bertz CT molecular complexity index is 852. The number of aromatic nitrogens is 2. The molecule has 0 bridgehead atoms. The minimum atomic E-state index is -4.42. The standard InChI is InChI=1S/C19H24F3N3O3S/c1-3-10-25-15-11-13(19(20,21)22)7-8-14(15)24-18(25)29-12-16(26)23-9-5-6-17(27)28-4-2/h7-8,11H,3-6,9-10,12H2,1-2H3,(H,23,26). The molecule has 0 saturated heterocycles. The lowest BCUT2D eigenvalue weighted by Gasteiger charge is -2.10. The zero-order valence-corrected chi connectivity index (χ0v) is 17.2. The monoisotopic (exact) mass is 431 g/mol. The summed E-state index contributed by atoms with van der Waals surface area (Å²) in [7, 11) is 0. The lowest BCUT2D eigenvalue weighted by atomic mass is 10.2. The van der Waals surface area contributed by atoms with E-state index < -0.39 is 11.7 Å². The molecule has 0 aliphatic heterocycles. The van der Waals surface area contributed by atoms with E-state index in [0.717, 1.165) is 18.6 Å². The van der Waals surface area contributed by atoms with Gasteiger partial charge in [0.2, 0.25) is 5.91 Å². The average Bonchev–Trinajstić information content (AvgIpc) is 3.00. The molecule has 1 heterocycles. The van der Waals surface area contributed by atoms with E-state index >= 15 is 0 Å². The van der Waals surface area contributed by atoms with E-state index in [-0.39, 0.29) is 24.1 Å². The van der Waals surface area contributed by atoms with Gasteiger partial charge in [-0.05, 0) is 38.0 Å². The van der Waals surface area contributed by atoms with Gasteiger partial charge in [0, 0.05) is 19.5 Å². The third kappa shape index (κ3) is 6.66. The molecule has 0 fully saturated rings. The van der Waals surface area contributed by atoms with E-state index in [0.29, 0.717) is 42.3 Å². The number of nitrogens with zero attached hydrogens (tertiary/aromatic N) is 2. The van der Waals surface area contributed by atoms with Crippen molar-refractivity contribution in [3.05, 3.63) is 23.8 Å². The van der Waals surface area contributed by atoms with E-state index in [1.165, 1.54) is 17.8 Å². The quantitative estimate of drug-likeness (QED) is 0.350. The Morgan fingerprint density at radius 1 is 1.28 bits per heavy atom. The number of hydrogen-bond acceptors (Lipinski definition) is 5. The van der Waals surface area contributed by atoms with Crippen LogP contribution in [0.25, 0.3) is 11.0 Å². The molecule has 2 rings (SSSR count). The highest BCUT2D eigenvalue weighted by Crippen LogP contribution is 2.33. The van der Waals surface area contributed by atoms with Crippen LogP contribution < -0.4 is 5.32 Å². The molecule has 29 heavy (non-hydrogen) atoms. The average molecular weight is 431 g/mol. The van der Waals surface area contributed by atoms with Gasteiger partial charge in [-0.2, -0.15) is 13.2 Å². The van der Waals surface area contributed by atoms with Crippen molar-refractivity contribution in [1.82, 2.24) is 14.9 Å². The summed E-state index contributed by atoms with van der Waals surface area (Å²) in [5, 5.41) is 3.21. The summed E-state index contributed by atoms with van der Waals surface area (Å²) in [6.07, 6.45) is -3.00. The lowest BCUT2D eigenvalue weighted by molar-refractivity contribution is -0.143. The van der Waals surface area contributed by atoms with Crippen molar-refractivity contribution >= 4 is 34.7 Å². The predicted octanol–water partition coefficient (Wildman–Crippen LogP) is 4.02. The first kappa shape index (κ1) is 23.1. The van der Waals surface area contributed by atoms with Gasteiger partial charge in [0.25, 0.3) is 0 Å². The molecule has 160 valence electrons. The number of esters is 1. The summed E-state index contributed by atoms with van der Waals surface area (Å²) in [4.78, 5) is 27.7. The van der Waals surface area contributed by atoms with Crippen LogP contribution in [0.15, 0.2) is 23.4 Å². The van der Waals surface area contributed by atoms with Crippen molar-refractivity contribution in [2.75, 3.05) is 18.9 Å². The summed E-state index contributed by atoms with van der Waals surface area (Å²) >= 11 is 1.17. The molecule has 0 aliphatic rings. The zero-order valence-electron chi connectivity index (χ0n) is 16.3. The summed E-state index contributed by atoms with van der Waals surface area (Å²) in [6.45, 7) is 4.82. The van der Waals surface area contributed by atoms with Crippen LogP contribution in [0.3, 0.4) is 0 Å². The number of carbonyl (C=O) groups is 2. The number of hydrogen-bond donors (Lipinski definition) is 1. The molecule has 0 spiro atoms. The molecule has 2 aromatic rings. The minimum absolute atomic E-state index is 0.0819. The number of imidazole rings is 1. The maximum absolute atomic E-state index is 13.0. The number of carbonyl (C=O) groups excluding carboxylic acids is 2. The highest BCUT2D eigenvalue weighted by molar-refractivity contribution is 7.99. The largest absolute Gasteiger partial charge is 0.466 e. The molecule has 0 saturated carbocycles. The highest BCUT2D eigenvalue weighted by Gasteiger charge is 2.31. The fourth-order valence-corrected chi connectivity index (χ4v) is 3.57. The van der Waals surface area contributed by atoms with Crippen LogP contribution in [0.4, 0.5) is 13.2 Å². The maximum Gasteiger partial charge on any atom is 0.416 e. The molecule has 10 heteroatoms. The maximum atomic E-state index is 13.0. The van der Waals surface area contributed by atoms with Gasteiger partial charge >= 0.3 is 12.1 Å². The summed E-state index contributed by atoms with van der Waals surface area (Å²) in [5.41, 5.74) is 0.140. The highest BCUT2D eigenvalue weighted by atomic mass is 32.2. The molecular formula is C19H24F3N3O3S. The topological polar surface area (TPSA) is 73.2 Å². The number of thioether (sulfide) groups is 1. The van der Waals surface area contributed by atoms with E-state index in [4.69, 9.17) is 4.74 Å². The second-order valence-corrected chi connectivity index (χ2v) is 7.24. The second kappa shape index (κ2) is 10.5. The first-order chi connectivity index (χ1) is 13.8. The zero-order chi connectivity index (χ0) is 21.4. The Morgan fingerprint density at radius 2 is 2.03 bits per heavy atom. The Hall–Kier alpha value is -2.23. The molecule has 1 aromatic carbocycles. The third-order valence-electron chi connectivity index (χ3n) is 4.01. The normalized spacial score (nSPS) is 11.6. The molecule has 1 aromatic heterocycles. The minimum Gasteiger partial charge on any atom is -0.466 e. The van der Waals surface area contributed by atoms with Gasteiger partial charge in [0.05, 0.1) is 29.0 Å². The third-order valence-corrected chi connectivity index (χ3v) is 4.98. The van der Waals surface area contributed by atoms with Crippen molar-refractivity contribution < 1.29 is 27.5 Å². The van der Waals surface area contributed by atoms with Crippen molar-refractivity contribution in [2.24, 2.45) is 0 Å². The van der Waals surface area contributed by atoms with Gasteiger partial charge in [0.1, 0.15) is 0 Å². The molecule has 1 amide bonds. The molecule has 0 unspecified atom stereocenters. The first-order valence-corrected chi connectivity index (χ1v) is 10.4. The van der Waals surface area contributed by atoms with Gasteiger partial charge in [0.15, 0.2) is 5.16 Å². The van der Waals surface area contributed by atoms with Crippen LogP contribution >= 0.6 is 11.8 Å². The van der Waals surface area contributed by atoms with E-state index in [2.05, 4.69) is 10.3 Å². The van der Waals surface area contributed by atoms with E-state index in [1.807, 2.05) is 6.92 Å².